The molecule has 2 aliphatic carbocycles. The number of urea groups is 1. The van der Waals surface area contributed by atoms with Gasteiger partial charge in [-0.3, -0.25) is 5.32 Å². The molecule has 2 amide bonds. The molecule has 4 atom stereocenters. The Kier molecular flexibility index (Phi) is 3.69. The first-order chi connectivity index (χ1) is 9.58. The molecule has 2 saturated carbocycles. The molecule has 0 unspecified atom stereocenters. The lowest BCUT2D eigenvalue weighted by molar-refractivity contribution is 0.146. The van der Waals surface area contributed by atoms with Crippen LogP contribution in [0.3, 0.4) is 0 Å². The van der Waals surface area contributed by atoms with Gasteiger partial charge in [0.05, 0.1) is 5.69 Å². The maximum Gasteiger partial charge on any atom is 0.321 e. The number of aryl methyl sites for hydroxylation is 2. The molecule has 20 heavy (non-hydrogen) atoms. The topological polar surface area (TPSA) is 74.2 Å². The molecule has 0 aromatic carbocycles. The third kappa shape index (κ3) is 2.42. The van der Waals surface area contributed by atoms with Crippen molar-refractivity contribution in [2.75, 3.05) is 11.9 Å². The third-order valence-electron chi connectivity index (χ3n) is 4.85. The van der Waals surface area contributed by atoms with Gasteiger partial charge in [-0.25, -0.2) is 9.78 Å². The maximum absolute atomic E-state index is 12.1. The quantitative estimate of drug-likeness (QED) is 0.801. The molecule has 3 rings (SSSR count). The number of rotatable bonds is 3. The standard InChI is InChI=1S/C14H21N3O2S/c1-7-8(2)20-14(15-7)17-13(19)16-12-10-4-3-9(5-10)11(12)6-18/h9-12,18H,3-6H2,1-2H3,(H2,15,16,17,19)/t9-,10-,11+,12-/m0/s1. The number of hydrogen-bond donors (Lipinski definition) is 3. The van der Waals surface area contributed by atoms with E-state index in [-0.39, 0.29) is 24.6 Å². The molecule has 3 N–H and O–H groups in total. The number of hydrogen-bond acceptors (Lipinski definition) is 4. The lowest BCUT2D eigenvalue weighted by Crippen LogP contribution is -2.46. The largest absolute Gasteiger partial charge is 0.396 e. The Balaban J connectivity index is 1.61. The molecule has 0 saturated heterocycles. The van der Waals surface area contributed by atoms with Crippen molar-refractivity contribution in [3.05, 3.63) is 10.6 Å². The van der Waals surface area contributed by atoms with E-state index < -0.39 is 0 Å². The number of nitrogens with one attached hydrogen (secondary N) is 2. The summed E-state index contributed by atoms with van der Waals surface area (Å²) in [5, 5.41) is 16.0. The van der Waals surface area contributed by atoms with Crippen LogP contribution in [-0.4, -0.2) is 28.8 Å². The molecule has 110 valence electrons. The smallest absolute Gasteiger partial charge is 0.321 e. The van der Waals surface area contributed by atoms with Gasteiger partial charge >= 0.3 is 6.03 Å². The second kappa shape index (κ2) is 5.33. The molecule has 2 bridgehead atoms. The predicted octanol–water partition coefficient (Wildman–Crippen LogP) is 2.29. The van der Waals surface area contributed by atoms with Crippen LogP contribution in [0.5, 0.6) is 0 Å². The summed E-state index contributed by atoms with van der Waals surface area (Å²) in [6.07, 6.45) is 3.51. The summed E-state index contributed by atoms with van der Waals surface area (Å²) in [6.45, 7) is 4.10. The van der Waals surface area contributed by atoms with E-state index in [1.165, 1.54) is 24.2 Å². The summed E-state index contributed by atoms with van der Waals surface area (Å²) in [4.78, 5) is 17.5. The highest BCUT2D eigenvalue weighted by Gasteiger charge is 2.47. The van der Waals surface area contributed by atoms with E-state index in [1.807, 2.05) is 13.8 Å². The first-order valence-electron chi connectivity index (χ1n) is 7.21. The summed E-state index contributed by atoms with van der Waals surface area (Å²) in [5.41, 5.74) is 0.957. The van der Waals surface area contributed by atoms with Gasteiger partial charge < -0.3 is 10.4 Å². The Hall–Kier alpha value is -1.14. The molecule has 6 heteroatoms. The van der Waals surface area contributed by atoms with Crippen LogP contribution in [0.2, 0.25) is 0 Å². The zero-order valence-electron chi connectivity index (χ0n) is 11.8. The monoisotopic (exact) mass is 295 g/mol. The van der Waals surface area contributed by atoms with Crippen LogP contribution < -0.4 is 10.6 Å². The Morgan fingerprint density at radius 1 is 1.40 bits per heavy atom. The Labute approximate surface area is 122 Å². The van der Waals surface area contributed by atoms with E-state index in [0.717, 1.165) is 17.0 Å². The van der Waals surface area contributed by atoms with Crippen LogP contribution in [0.4, 0.5) is 9.93 Å². The van der Waals surface area contributed by atoms with E-state index >= 15 is 0 Å². The molecule has 1 aromatic rings. The van der Waals surface area contributed by atoms with E-state index in [1.54, 1.807) is 0 Å². The summed E-state index contributed by atoms with van der Waals surface area (Å²) >= 11 is 1.49. The number of aliphatic hydroxyl groups is 1. The lowest BCUT2D eigenvalue weighted by Gasteiger charge is -2.30. The molecular formula is C14H21N3O2S. The average Bonchev–Trinajstić information content (AvgIpc) is 3.05. The van der Waals surface area contributed by atoms with Crippen molar-refractivity contribution < 1.29 is 9.90 Å². The molecule has 5 nitrogen and oxygen atoms in total. The molecule has 2 aliphatic rings. The fourth-order valence-corrected chi connectivity index (χ4v) is 4.52. The number of aliphatic hydroxyl groups excluding tert-OH is 1. The number of aromatic nitrogens is 1. The highest BCUT2D eigenvalue weighted by Crippen LogP contribution is 2.48. The SMILES string of the molecule is Cc1nc(NC(=O)N[C@H]2[C@H]3CC[C@@H](C3)[C@H]2CO)sc1C. The Morgan fingerprint density at radius 2 is 2.15 bits per heavy atom. The van der Waals surface area contributed by atoms with E-state index in [0.29, 0.717) is 17.0 Å². The fraction of sp³-hybridized carbons (Fsp3) is 0.714. The fourth-order valence-electron chi connectivity index (χ4n) is 3.71. The van der Waals surface area contributed by atoms with Crippen LogP contribution in [0.25, 0.3) is 0 Å². The van der Waals surface area contributed by atoms with Gasteiger partial charge in [0.25, 0.3) is 0 Å². The molecule has 0 aliphatic heterocycles. The number of anilines is 1. The molecule has 2 fully saturated rings. The van der Waals surface area contributed by atoms with Gasteiger partial charge in [-0.05, 0) is 44.9 Å². The van der Waals surface area contributed by atoms with Gasteiger partial charge in [0, 0.05) is 23.4 Å². The van der Waals surface area contributed by atoms with Crippen molar-refractivity contribution in [1.29, 1.82) is 0 Å². The summed E-state index contributed by atoms with van der Waals surface area (Å²) in [6, 6.07) is -0.0874. The first kappa shape index (κ1) is 13.8. The number of amides is 2. The number of fused-ring (bicyclic) bond motifs is 2. The van der Waals surface area contributed by atoms with Crippen molar-refractivity contribution in [1.82, 2.24) is 10.3 Å². The van der Waals surface area contributed by atoms with E-state index in [4.69, 9.17) is 0 Å². The molecule has 0 radical (unpaired) electrons. The van der Waals surface area contributed by atoms with Crippen molar-refractivity contribution in [2.24, 2.45) is 17.8 Å². The maximum atomic E-state index is 12.1. The van der Waals surface area contributed by atoms with Gasteiger partial charge in [-0.15, -0.1) is 11.3 Å². The normalized spacial score (nSPS) is 31.6. The Morgan fingerprint density at radius 3 is 2.80 bits per heavy atom. The van der Waals surface area contributed by atoms with Crippen molar-refractivity contribution in [3.63, 3.8) is 0 Å². The summed E-state index contributed by atoms with van der Waals surface area (Å²) < 4.78 is 0. The van der Waals surface area contributed by atoms with Crippen LogP contribution in [0.15, 0.2) is 0 Å². The third-order valence-corrected chi connectivity index (χ3v) is 5.83. The lowest BCUT2D eigenvalue weighted by atomic mass is 9.85. The first-order valence-corrected chi connectivity index (χ1v) is 8.02. The van der Waals surface area contributed by atoms with E-state index in [2.05, 4.69) is 15.6 Å². The van der Waals surface area contributed by atoms with Gasteiger partial charge in [-0.1, -0.05) is 0 Å². The molecule has 1 aromatic heterocycles. The number of carbonyl (C=O) groups excluding carboxylic acids is 1. The van der Waals surface area contributed by atoms with Crippen molar-refractivity contribution in [3.8, 4) is 0 Å². The number of nitrogens with zero attached hydrogens (tertiary/aromatic N) is 1. The van der Waals surface area contributed by atoms with E-state index in [9.17, 15) is 9.90 Å². The van der Waals surface area contributed by atoms with Crippen LogP contribution >= 0.6 is 11.3 Å². The van der Waals surface area contributed by atoms with Crippen LogP contribution in [0.1, 0.15) is 29.8 Å². The highest BCUT2D eigenvalue weighted by molar-refractivity contribution is 7.15. The van der Waals surface area contributed by atoms with Crippen LogP contribution in [0, 0.1) is 31.6 Å². The number of carbonyl (C=O) groups is 1. The predicted molar refractivity (Wildman–Crippen MR) is 78.9 cm³/mol. The zero-order valence-corrected chi connectivity index (χ0v) is 12.7. The minimum Gasteiger partial charge on any atom is -0.396 e. The molecule has 0 spiro atoms. The minimum atomic E-state index is -0.199. The van der Waals surface area contributed by atoms with Crippen LogP contribution in [-0.2, 0) is 0 Å². The Bertz CT molecular complexity index is 497. The van der Waals surface area contributed by atoms with Gasteiger partial charge in [0.15, 0.2) is 5.13 Å². The molecule has 1 heterocycles. The summed E-state index contributed by atoms with van der Waals surface area (Å²) in [7, 11) is 0. The van der Waals surface area contributed by atoms with Crippen molar-refractivity contribution in [2.45, 2.75) is 39.2 Å². The highest BCUT2D eigenvalue weighted by atomic mass is 32.1. The average molecular weight is 295 g/mol. The zero-order chi connectivity index (χ0) is 14.3. The summed E-state index contributed by atoms with van der Waals surface area (Å²) in [5.74, 6) is 1.33. The minimum absolute atomic E-state index is 0.112. The number of thiazole rings is 1. The van der Waals surface area contributed by atoms with Gasteiger partial charge in [0.2, 0.25) is 0 Å². The van der Waals surface area contributed by atoms with Crippen molar-refractivity contribution >= 4 is 22.5 Å². The van der Waals surface area contributed by atoms with Gasteiger partial charge in [0.1, 0.15) is 0 Å². The second-order valence-corrected chi connectivity index (χ2v) is 7.17. The molecular weight excluding hydrogens is 274 g/mol. The van der Waals surface area contributed by atoms with Gasteiger partial charge in [-0.2, -0.15) is 0 Å². The second-order valence-electron chi connectivity index (χ2n) is 5.96.